The fourth-order valence-electron chi connectivity index (χ4n) is 4.67. The van der Waals surface area contributed by atoms with Crippen LogP contribution in [0.2, 0.25) is 0 Å². The Morgan fingerprint density at radius 3 is 2.64 bits per heavy atom. The number of amides is 2. The molecule has 39 heavy (non-hydrogen) atoms. The van der Waals surface area contributed by atoms with E-state index in [1.165, 1.54) is 24.8 Å². The van der Waals surface area contributed by atoms with Crippen LogP contribution in [0.3, 0.4) is 0 Å². The Morgan fingerprint density at radius 2 is 1.90 bits per heavy atom. The fraction of sp³-hybridized carbons (Fsp3) is 0.419. The Bertz CT molecular complexity index is 1160. The lowest BCUT2D eigenvalue weighted by Crippen LogP contribution is -2.39. The molecule has 0 aromatic heterocycles. The van der Waals surface area contributed by atoms with Gasteiger partial charge in [0.15, 0.2) is 0 Å². The number of carbonyl (C=O) groups excluding carboxylic acids is 1. The average Bonchev–Trinajstić information content (AvgIpc) is 2.93. The summed E-state index contributed by atoms with van der Waals surface area (Å²) < 4.78 is 0. The lowest BCUT2D eigenvalue weighted by Gasteiger charge is -2.26. The van der Waals surface area contributed by atoms with E-state index < -0.39 is 0 Å². The number of hydrogen-bond donors (Lipinski definition) is 4. The first-order chi connectivity index (χ1) is 18.9. The molecule has 7 nitrogen and oxygen atoms in total. The molecule has 0 radical (unpaired) electrons. The van der Waals surface area contributed by atoms with E-state index >= 15 is 0 Å². The number of fused-ring (bicyclic) bond motifs is 4. The van der Waals surface area contributed by atoms with Gasteiger partial charge in [0.2, 0.25) is 0 Å². The lowest BCUT2D eigenvalue weighted by molar-refractivity contribution is 0.224. The van der Waals surface area contributed by atoms with Crippen molar-refractivity contribution < 1.29 is 4.79 Å². The van der Waals surface area contributed by atoms with Crippen molar-refractivity contribution in [1.29, 1.82) is 0 Å². The van der Waals surface area contributed by atoms with Crippen LogP contribution in [0.25, 0.3) is 0 Å². The number of amidine groups is 1. The summed E-state index contributed by atoms with van der Waals surface area (Å²) >= 11 is 6.49. The van der Waals surface area contributed by atoms with Crippen molar-refractivity contribution in [3.05, 3.63) is 77.4 Å². The standard InChI is InChI=1S/C28H37ClN6O.C3H6/c1-3-25(29)27-32-20(2)31-23-9-7-8-21(18-23)10-11-22-19-24(33-27)12-13-26(22)34-28(36)30-14-17-35-15-5-4-6-16-35;1-3-2/h3,7-9,12-13,18-20,31H,4-6,10-11,14-17H2,1-2H3,(H,32,33)(H2,30,34,36);3H,1H2,2H3/b25-3+;. The Morgan fingerprint density at radius 1 is 1.13 bits per heavy atom. The number of urea groups is 1. The van der Waals surface area contributed by atoms with Crippen LogP contribution in [0.5, 0.6) is 0 Å². The van der Waals surface area contributed by atoms with Crippen LogP contribution in [0, 0.1) is 0 Å². The molecule has 1 atom stereocenters. The third-order valence-corrected chi connectivity index (χ3v) is 6.96. The van der Waals surface area contributed by atoms with Gasteiger partial charge in [-0.25, -0.2) is 9.79 Å². The number of likely N-dealkylation sites (tertiary alicyclic amines) is 1. The van der Waals surface area contributed by atoms with Gasteiger partial charge in [-0.3, -0.25) is 0 Å². The van der Waals surface area contributed by atoms with Crippen LogP contribution in [0.4, 0.5) is 21.9 Å². The van der Waals surface area contributed by atoms with Gasteiger partial charge in [-0.2, -0.15) is 0 Å². The third-order valence-electron chi connectivity index (χ3n) is 6.57. The molecule has 0 saturated carbocycles. The van der Waals surface area contributed by atoms with Crippen molar-refractivity contribution >= 4 is 40.5 Å². The molecule has 1 unspecified atom stereocenters. The maximum absolute atomic E-state index is 12.7. The normalized spacial score (nSPS) is 19.1. The first-order valence-corrected chi connectivity index (χ1v) is 14.3. The van der Waals surface area contributed by atoms with E-state index in [-0.39, 0.29) is 12.2 Å². The number of carbonyl (C=O) groups is 1. The van der Waals surface area contributed by atoms with E-state index in [4.69, 9.17) is 16.6 Å². The monoisotopic (exact) mass is 550 g/mol. The van der Waals surface area contributed by atoms with Gasteiger partial charge < -0.3 is 26.2 Å². The van der Waals surface area contributed by atoms with E-state index in [1.807, 2.05) is 45.0 Å². The maximum Gasteiger partial charge on any atom is 0.319 e. The molecule has 1 fully saturated rings. The number of nitrogens with zero attached hydrogens (tertiary/aromatic N) is 2. The van der Waals surface area contributed by atoms with E-state index in [1.54, 1.807) is 6.08 Å². The first-order valence-electron chi connectivity index (χ1n) is 13.9. The van der Waals surface area contributed by atoms with Crippen LogP contribution in [-0.4, -0.2) is 49.1 Å². The van der Waals surface area contributed by atoms with E-state index in [0.29, 0.717) is 17.4 Å². The molecule has 1 saturated heterocycles. The Balaban J connectivity index is 0.00000134. The van der Waals surface area contributed by atoms with Gasteiger partial charge in [-0.1, -0.05) is 42.3 Å². The molecule has 2 aliphatic heterocycles. The van der Waals surface area contributed by atoms with Gasteiger partial charge in [0.05, 0.1) is 5.03 Å². The number of hydrogen-bond acceptors (Lipinski definition) is 5. The zero-order valence-electron chi connectivity index (χ0n) is 23.5. The highest BCUT2D eigenvalue weighted by Gasteiger charge is 2.14. The summed E-state index contributed by atoms with van der Waals surface area (Å²) in [6.07, 6.45) is 8.84. The molecule has 210 valence electrons. The number of allylic oxidation sites excluding steroid dienone is 2. The van der Waals surface area contributed by atoms with Gasteiger partial charge in [0.25, 0.3) is 0 Å². The molecule has 4 bridgehead atoms. The SMILES string of the molecule is C/C=C(Cl)\C1=N/C(C)Nc2cccc(c2)CCc2cc(ccc2NC(=O)NCCN2CCCCC2)N1.C=CC. The molecular weight excluding hydrogens is 508 g/mol. The molecule has 2 aliphatic rings. The number of nitrogens with one attached hydrogen (secondary N) is 4. The molecule has 2 aromatic carbocycles. The zero-order chi connectivity index (χ0) is 28.0. The van der Waals surface area contributed by atoms with Crippen LogP contribution in [0.15, 0.2) is 71.2 Å². The van der Waals surface area contributed by atoms with E-state index in [2.05, 4.69) is 57.0 Å². The minimum atomic E-state index is -0.175. The molecule has 2 amide bonds. The summed E-state index contributed by atoms with van der Waals surface area (Å²) in [7, 11) is 0. The van der Waals surface area contributed by atoms with Crippen LogP contribution < -0.4 is 21.3 Å². The van der Waals surface area contributed by atoms with E-state index in [9.17, 15) is 4.79 Å². The quantitative estimate of drug-likeness (QED) is 0.302. The number of piperidine rings is 1. The lowest BCUT2D eigenvalue weighted by atomic mass is 10.0. The average molecular weight is 551 g/mol. The summed E-state index contributed by atoms with van der Waals surface area (Å²) in [4.78, 5) is 19.9. The summed E-state index contributed by atoms with van der Waals surface area (Å²) in [5.74, 6) is 0.594. The zero-order valence-corrected chi connectivity index (χ0v) is 24.3. The summed E-state index contributed by atoms with van der Waals surface area (Å²) in [6, 6.07) is 14.2. The maximum atomic E-state index is 12.7. The number of halogens is 1. The van der Waals surface area contributed by atoms with Crippen molar-refractivity contribution in [1.82, 2.24) is 10.2 Å². The smallest absolute Gasteiger partial charge is 0.319 e. The Kier molecular flexibility index (Phi) is 12.4. The van der Waals surface area contributed by atoms with Gasteiger partial charge >= 0.3 is 6.03 Å². The van der Waals surface area contributed by atoms with Crippen molar-refractivity contribution in [2.45, 2.75) is 59.0 Å². The molecular formula is C31H43ClN6O. The molecule has 2 aromatic rings. The van der Waals surface area contributed by atoms with Gasteiger partial charge in [0.1, 0.15) is 12.0 Å². The summed E-state index contributed by atoms with van der Waals surface area (Å²) in [5.41, 5.74) is 4.96. The van der Waals surface area contributed by atoms with Gasteiger partial charge in [0, 0.05) is 30.2 Å². The van der Waals surface area contributed by atoms with Gasteiger partial charge in [-0.15, -0.1) is 6.58 Å². The van der Waals surface area contributed by atoms with Crippen molar-refractivity contribution in [3.63, 3.8) is 0 Å². The van der Waals surface area contributed by atoms with Crippen LogP contribution in [0.1, 0.15) is 51.2 Å². The summed E-state index contributed by atoms with van der Waals surface area (Å²) in [6.45, 7) is 12.9. The number of rotatable bonds is 5. The second-order valence-corrected chi connectivity index (χ2v) is 10.2. The topological polar surface area (TPSA) is 80.8 Å². The molecule has 8 heteroatoms. The number of aliphatic imine (C=N–C) groups is 1. The van der Waals surface area contributed by atoms with Crippen molar-refractivity contribution in [3.8, 4) is 0 Å². The van der Waals surface area contributed by atoms with Crippen LogP contribution in [-0.2, 0) is 12.8 Å². The van der Waals surface area contributed by atoms with Crippen molar-refractivity contribution in [2.75, 3.05) is 42.1 Å². The number of anilines is 3. The molecule has 4 N–H and O–H groups in total. The molecule has 0 aliphatic carbocycles. The largest absolute Gasteiger partial charge is 0.364 e. The Labute approximate surface area is 238 Å². The molecule has 4 rings (SSSR count). The highest BCUT2D eigenvalue weighted by molar-refractivity contribution is 6.44. The first kappa shape index (κ1) is 30.3. The predicted molar refractivity (Wildman–Crippen MR) is 167 cm³/mol. The van der Waals surface area contributed by atoms with Gasteiger partial charge in [-0.05, 0) is 101 Å². The highest BCUT2D eigenvalue weighted by atomic mass is 35.5. The predicted octanol–water partition coefficient (Wildman–Crippen LogP) is 7.00. The second-order valence-electron chi connectivity index (χ2n) is 9.82. The summed E-state index contributed by atoms with van der Waals surface area (Å²) in [5, 5.41) is 13.4. The fourth-order valence-corrected chi connectivity index (χ4v) is 4.76. The van der Waals surface area contributed by atoms with Crippen molar-refractivity contribution in [2.24, 2.45) is 4.99 Å². The Hall–Kier alpha value is -3.29. The second kappa shape index (κ2) is 16.0. The molecule has 0 spiro atoms. The third kappa shape index (κ3) is 10.1. The number of benzene rings is 2. The molecule has 2 heterocycles. The van der Waals surface area contributed by atoms with E-state index in [0.717, 1.165) is 55.1 Å². The van der Waals surface area contributed by atoms with Crippen LogP contribution >= 0.6 is 11.6 Å². The minimum absolute atomic E-state index is 0.175. The highest BCUT2D eigenvalue weighted by Crippen LogP contribution is 2.25. The minimum Gasteiger partial charge on any atom is -0.364 e. The number of aryl methyl sites for hydroxylation is 2.